The highest BCUT2D eigenvalue weighted by Crippen LogP contribution is 2.25. The van der Waals surface area contributed by atoms with Crippen LogP contribution < -0.4 is 10.1 Å². The Labute approximate surface area is 191 Å². The minimum absolute atomic E-state index is 0.0138. The number of thiophene rings is 1. The first-order valence-corrected chi connectivity index (χ1v) is 11.5. The van der Waals surface area contributed by atoms with Crippen LogP contribution in [0.2, 0.25) is 0 Å². The van der Waals surface area contributed by atoms with Crippen LogP contribution in [0.3, 0.4) is 0 Å². The number of benzene rings is 1. The highest BCUT2D eigenvalue weighted by molar-refractivity contribution is 7.10. The molecule has 1 fully saturated rings. The van der Waals surface area contributed by atoms with Gasteiger partial charge in [-0.3, -0.25) is 9.69 Å². The fourth-order valence-corrected chi connectivity index (χ4v) is 4.54. The van der Waals surface area contributed by atoms with Crippen LogP contribution in [0, 0.1) is 11.8 Å². The Hall–Kier alpha value is -3.18. The van der Waals surface area contributed by atoms with Crippen molar-refractivity contribution < 1.29 is 14.6 Å². The van der Waals surface area contributed by atoms with Gasteiger partial charge in [0.05, 0.1) is 17.9 Å². The van der Waals surface area contributed by atoms with Crippen LogP contribution in [0.4, 0.5) is 5.69 Å². The van der Waals surface area contributed by atoms with E-state index in [1.54, 1.807) is 23.6 Å². The number of likely N-dealkylation sites (tertiary alicyclic amines) is 1. The van der Waals surface area contributed by atoms with E-state index in [9.17, 15) is 4.79 Å². The molecule has 0 saturated carbocycles. The van der Waals surface area contributed by atoms with Crippen molar-refractivity contribution in [3.63, 3.8) is 0 Å². The van der Waals surface area contributed by atoms with Gasteiger partial charge in [0.25, 0.3) is 0 Å². The number of carbonyl (C=O) groups excluding carboxylic acids is 1. The van der Waals surface area contributed by atoms with Crippen molar-refractivity contribution in [1.82, 2.24) is 9.88 Å². The van der Waals surface area contributed by atoms with Crippen molar-refractivity contribution in [3.05, 3.63) is 70.5 Å². The SMILES string of the molecule is O=C(Nc1ccc(Oc2ccccc2)nc1)C1CCCCN1Cc1cc(C#CCO)cs1. The highest BCUT2D eigenvalue weighted by Gasteiger charge is 2.29. The lowest BCUT2D eigenvalue weighted by atomic mass is 10.0. The van der Waals surface area contributed by atoms with Gasteiger partial charge in [0.1, 0.15) is 12.4 Å². The quantitative estimate of drug-likeness (QED) is 0.552. The van der Waals surface area contributed by atoms with Crippen LogP contribution in [-0.4, -0.2) is 40.1 Å². The van der Waals surface area contributed by atoms with E-state index in [0.29, 0.717) is 23.9 Å². The molecule has 164 valence electrons. The average Bonchev–Trinajstić information content (AvgIpc) is 3.27. The Bertz CT molecular complexity index is 1090. The number of amides is 1. The lowest BCUT2D eigenvalue weighted by Gasteiger charge is -2.34. The number of rotatable bonds is 6. The number of ether oxygens (including phenoxy) is 1. The maximum atomic E-state index is 13.0. The fraction of sp³-hybridized carbons (Fsp3) is 0.280. The Balaban J connectivity index is 1.37. The van der Waals surface area contributed by atoms with Crippen LogP contribution in [0.25, 0.3) is 0 Å². The summed E-state index contributed by atoms with van der Waals surface area (Å²) in [7, 11) is 0. The van der Waals surface area contributed by atoms with Crippen molar-refractivity contribution in [2.45, 2.75) is 31.8 Å². The van der Waals surface area contributed by atoms with Crippen molar-refractivity contribution in [3.8, 4) is 23.5 Å². The minimum Gasteiger partial charge on any atom is -0.439 e. The Morgan fingerprint density at radius 2 is 2.12 bits per heavy atom. The van der Waals surface area contributed by atoms with Gasteiger partial charge < -0.3 is 15.2 Å². The summed E-state index contributed by atoms with van der Waals surface area (Å²) in [5, 5.41) is 13.9. The first-order chi connectivity index (χ1) is 15.7. The number of aliphatic hydroxyl groups excluding tert-OH is 1. The van der Waals surface area contributed by atoms with Crippen molar-refractivity contribution in [2.75, 3.05) is 18.5 Å². The molecule has 0 radical (unpaired) electrons. The molecular weight excluding hydrogens is 422 g/mol. The molecule has 0 bridgehead atoms. The van der Waals surface area contributed by atoms with Crippen LogP contribution in [-0.2, 0) is 11.3 Å². The second kappa shape index (κ2) is 10.9. The minimum atomic E-state index is -0.182. The van der Waals surface area contributed by atoms with Crippen molar-refractivity contribution in [2.24, 2.45) is 0 Å². The lowest BCUT2D eigenvalue weighted by molar-refractivity contribution is -0.122. The summed E-state index contributed by atoms with van der Waals surface area (Å²) in [5.74, 6) is 6.79. The van der Waals surface area contributed by atoms with Gasteiger partial charge in [-0.25, -0.2) is 4.98 Å². The normalized spacial score (nSPS) is 16.1. The molecular formula is C25H25N3O3S. The number of aromatic nitrogens is 1. The van der Waals surface area contributed by atoms with E-state index >= 15 is 0 Å². The Morgan fingerprint density at radius 1 is 1.25 bits per heavy atom. The van der Waals surface area contributed by atoms with E-state index in [-0.39, 0.29) is 18.6 Å². The molecule has 3 aromatic rings. The smallest absolute Gasteiger partial charge is 0.241 e. The van der Waals surface area contributed by atoms with E-state index in [1.807, 2.05) is 47.8 Å². The summed E-state index contributed by atoms with van der Waals surface area (Å²) in [6.45, 7) is 1.45. The first-order valence-electron chi connectivity index (χ1n) is 10.6. The first kappa shape index (κ1) is 22.0. The van der Waals surface area contributed by atoms with E-state index < -0.39 is 0 Å². The molecule has 1 amide bonds. The maximum absolute atomic E-state index is 13.0. The van der Waals surface area contributed by atoms with E-state index in [2.05, 4.69) is 27.0 Å². The molecule has 1 saturated heterocycles. The summed E-state index contributed by atoms with van der Waals surface area (Å²) in [6.07, 6.45) is 4.57. The number of hydrogen-bond acceptors (Lipinski definition) is 6. The number of piperidine rings is 1. The summed E-state index contributed by atoms with van der Waals surface area (Å²) in [4.78, 5) is 20.7. The number of carbonyl (C=O) groups is 1. The number of para-hydroxylation sites is 1. The third-order valence-corrected chi connectivity index (χ3v) is 6.13. The molecule has 1 unspecified atom stereocenters. The molecule has 32 heavy (non-hydrogen) atoms. The van der Waals surface area contributed by atoms with E-state index in [0.717, 1.165) is 36.2 Å². The topological polar surface area (TPSA) is 74.7 Å². The molecule has 1 aromatic carbocycles. The van der Waals surface area contributed by atoms with Gasteiger partial charge in [-0.2, -0.15) is 0 Å². The number of pyridine rings is 1. The van der Waals surface area contributed by atoms with E-state index in [1.165, 1.54) is 0 Å². The number of anilines is 1. The molecule has 7 heteroatoms. The lowest BCUT2D eigenvalue weighted by Crippen LogP contribution is -2.46. The predicted octanol–water partition coefficient (Wildman–Crippen LogP) is 4.27. The Morgan fingerprint density at radius 3 is 2.91 bits per heavy atom. The number of aliphatic hydroxyl groups is 1. The summed E-state index contributed by atoms with van der Waals surface area (Å²) in [6, 6.07) is 14.9. The zero-order valence-electron chi connectivity index (χ0n) is 17.7. The van der Waals surface area contributed by atoms with Crippen molar-refractivity contribution >= 4 is 22.9 Å². The Kier molecular flexibility index (Phi) is 7.51. The van der Waals surface area contributed by atoms with Crippen LogP contribution in [0.5, 0.6) is 11.6 Å². The summed E-state index contributed by atoms with van der Waals surface area (Å²) < 4.78 is 5.71. The number of nitrogens with zero attached hydrogens (tertiary/aromatic N) is 2. The van der Waals surface area contributed by atoms with Gasteiger partial charge in [-0.05, 0) is 43.7 Å². The molecule has 1 aliphatic heterocycles. The third kappa shape index (κ3) is 5.95. The molecule has 2 aromatic heterocycles. The molecule has 6 nitrogen and oxygen atoms in total. The van der Waals surface area contributed by atoms with Crippen LogP contribution >= 0.6 is 11.3 Å². The highest BCUT2D eigenvalue weighted by atomic mass is 32.1. The third-order valence-electron chi connectivity index (χ3n) is 5.21. The largest absolute Gasteiger partial charge is 0.439 e. The molecule has 1 atom stereocenters. The average molecular weight is 448 g/mol. The standard InChI is InChI=1S/C25H25N3O3S/c29-14-6-7-19-15-22(32-18-19)17-28-13-5-4-10-23(28)25(30)27-20-11-12-24(26-16-20)31-21-8-2-1-3-9-21/h1-3,8-9,11-12,15-16,18,23,29H,4-5,10,13-14,17H2,(H,27,30). The zero-order valence-corrected chi connectivity index (χ0v) is 18.5. The second-order valence-corrected chi connectivity index (χ2v) is 8.53. The molecule has 2 N–H and O–H groups in total. The van der Waals surface area contributed by atoms with E-state index in [4.69, 9.17) is 9.84 Å². The van der Waals surface area contributed by atoms with Gasteiger partial charge in [-0.15, -0.1) is 11.3 Å². The number of hydrogen-bond donors (Lipinski definition) is 2. The molecule has 3 heterocycles. The summed E-state index contributed by atoms with van der Waals surface area (Å²) in [5.41, 5.74) is 1.56. The molecule has 1 aliphatic rings. The maximum Gasteiger partial charge on any atom is 0.241 e. The fourth-order valence-electron chi connectivity index (χ4n) is 3.70. The van der Waals surface area contributed by atoms with Gasteiger partial charge in [0, 0.05) is 28.4 Å². The van der Waals surface area contributed by atoms with Gasteiger partial charge in [0.2, 0.25) is 11.8 Å². The van der Waals surface area contributed by atoms with Gasteiger partial charge in [-0.1, -0.05) is 36.5 Å². The van der Waals surface area contributed by atoms with Gasteiger partial charge in [0.15, 0.2) is 0 Å². The predicted molar refractivity (Wildman–Crippen MR) is 126 cm³/mol. The van der Waals surface area contributed by atoms with Gasteiger partial charge >= 0.3 is 0 Å². The molecule has 0 spiro atoms. The van der Waals surface area contributed by atoms with Crippen LogP contribution in [0.1, 0.15) is 29.7 Å². The molecule has 4 rings (SSSR count). The van der Waals surface area contributed by atoms with Crippen molar-refractivity contribution in [1.29, 1.82) is 0 Å². The number of nitrogens with one attached hydrogen (secondary N) is 1. The van der Waals surface area contributed by atoms with Crippen LogP contribution in [0.15, 0.2) is 60.1 Å². The summed E-state index contributed by atoms with van der Waals surface area (Å²) >= 11 is 1.63. The zero-order chi connectivity index (χ0) is 22.2. The second-order valence-electron chi connectivity index (χ2n) is 7.53. The molecule has 0 aliphatic carbocycles. The monoisotopic (exact) mass is 447 g/mol.